The maximum Gasteiger partial charge on any atom is 0.331 e. The fourth-order valence-electron chi connectivity index (χ4n) is 3.11. The van der Waals surface area contributed by atoms with Crippen molar-refractivity contribution in [2.24, 2.45) is 17.3 Å². The van der Waals surface area contributed by atoms with E-state index in [0.29, 0.717) is 29.2 Å². The van der Waals surface area contributed by atoms with Gasteiger partial charge >= 0.3 is 5.97 Å². The van der Waals surface area contributed by atoms with Crippen molar-refractivity contribution < 1.29 is 9.90 Å². The Morgan fingerprint density at radius 1 is 1.41 bits per heavy atom. The highest BCUT2D eigenvalue weighted by atomic mass is 16.4. The average molecular weight is 234 g/mol. The molecule has 0 aliphatic heterocycles. The van der Waals surface area contributed by atoms with Crippen LogP contribution in [0, 0.1) is 17.3 Å². The van der Waals surface area contributed by atoms with Crippen LogP contribution in [0.4, 0.5) is 0 Å². The van der Waals surface area contributed by atoms with Crippen LogP contribution < -0.4 is 0 Å². The normalized spacial score (nSPS) is 35.0. The van der Waals surface area contributed by atoms with Gasteiger partial charge in [0, 0.05) is 5.57 Å². The summed E-state index contributed by atoms with van der Waals surface area (Å²) in [5.41, 5.74) is 2.32. The number of aliphatic carboxylic acids is 1. The van der Waals surface area contributed by atoms with Gasteiger partial charge in [-0.2, -0.15) is 0 Å². The maximum absolute atomic E-state index is 11.2. The Morgan fingerprint density at radius 2 is 2.12 bits per heavy atom. The van der Waals surface area contributed by atoms with E-state index in [1.165, 1.54) is 18.4 Å². The van der Waals surface area contributed by atoms with Crippen LogP contribution in [-0.4, -0.2) is 11.1 Å². The number of hydrogen-bond donors (Lipinski definition) is 1. The van der Waals surface area contributed by atoms with Gasteiger partial charge in [-0.15, -0.1) is 0 Å². The third-order valence-electron chi connectivity index (χ3n) is 4.55. The number of carbonyl (C=O) groups is 1. The highest BCUT2D eigenvalue weighted by Gasteiger charge is 2.55. The van der Waals surface area contributed by atoms with Crippen molar-refractivity contribution >= 4 is 5.97 Å². The van der Waals surface area contributed by atoms with Crippen molar-refractivity contribution in [1.29, 1.82) is 0 Å². The second kappa shape index (κ2) is 4.32. The molecule has 1 fully saturated rings. The summed E-state index contributed by atoms with van der Waals surface area (Å²) in [4.78, 5) is 11.2. The summed E-state index contributed by atoms with van der Waals surface area (Å²) in [6, 6.07) is 0. The smallest absolute Gasteiger partial charge is 0.331 e. The highest BCUT2D eigenvalue weighted by Crippen LogP contribution is 2.61. The van der Waals surface area contributed by atoms with Gasteiger partial charge in [-0.05, 0) is 49.9 Å². The van der Waals surface area contributed by atoms with Crippen LogP contribution in [0.3, 0.4) is 0 Å². The summed E-state index contributed by atoms with van der Waals surface area (Å²) >= 11 is 0. The first-order valence-corrected chi connectivity index (χ1v) is 6.52. The van der Waals surface area contributed by atoms with Crippen molar-refractivity contribution in [2.45, 2.75) is 46.5 Å². The maximum atomic E-state index is 11.2. The molecule has 0 spiro atoms. The Bertz CT molecular complexity index is 388. The van der Waals surface area contributed by atoms with E-state index in [4.69, 9.17) is 0 Å². The molecule has 0 radical (unpaired) electrons. The van der Waals surface area contributed by atoms with E-state index >= 15 is 0 Å². The predicted octanol–water partition coefficient (Wildman–Crippen LogP) is 3.79. The lowest BCUT2D eigenvalue weighted by molar-refractivity contribution is -0.132. The molecular formula is C15H22O2. The number of carboxylic acid groups (broad SMARTS) is 1. The molecule has 0 aromatic rings. The monoisotopic (exact) mass is 234 g/mol. The van der Waals surface area contributed by atoms with Crippen molar-refractivity contribution in [2.75, 3.05) is 0 Å². The van der Waals surface area contributed by atoms with Crippen molar-refractivity contribution in [1.82, 2.24) is 0 Å². The molecule has 1 N–H and O–H groups in total. The lowest BCUT2D eigenvalue weighted by atomic mass is 10.0. The molecule has 0 saturated heterocycles. The molecular weight excluding hydrogens is 212 g/mol. The quantitative estimate of drug-likeness (QED) is 0.701. The molecule has 0 aromatic heterocycles. The molecule has 17 heavy (non-hydrogen) atoms. The number of fused-ring (bicyclic) bond motifs is 1. The standard InChI is InChI=1S/C15H22O2/c1-10-5-4-6-11(14(16)17)9-13-12(8-7-10)15(13,2)3/h5,9,12-13H,4,6-8H2,1-3H3,(H,16,17)/b10-5+,11-9?/t12-,13+/m0/s1. The number of rotatable bonds is 1. The van der Waals surface area contributed by atoms with Crippen LogP contribution in [0.25, 0.3) is 0 Å². The average Bonchev–Trinajstić information content (AvgIpc) is 2.76. The summed E-state index contributed by atoms with van der Waals surface area (Å²) in [7, 11) is 0. The van der Waals surface area contributed by atoms with Crippen LogP contribution >= 0.6 is 0 Å². The van der Waals surface area contributed by atoms with E-state index in [0.717, 1.165) is 6.42 Å². The minimum Gasteiger partial charge on any atom is -0.478 e. The topological polar surface area (TPSA) is 37.3 Å². The zero-order valence-corrected chi connectivity index (χ0v) is 11.0. The van der Waals surface area contributed by atoms with Crippen LogP contribution in [0.15, 0.2) is 23.3 Å². The second-order valence-corrected chi connectivity index (χ2v) is 6.08. The van der Waals surface area contributed by atoms with E-state index in [2.05, 4.69) is 26.8 Å². The molecule has 2 atom stereocenters. The van der Waals surface area contributed by atoms with E-state index in [9.17, 15) is 9.90 Å². The van der Waals surface area contributed by atoms with Gasteiger partial charge in [-0.3, -0.25) is 0 Å². The summed E-state index contributed by atoms with van der Waals surface area (Å²) in [5, 5.41) is 9.20. The van der Waals surface area contributed by atoms with Gasteiger partial charge in [-0.25, -0.2) is 4.79 Å². The van der Waals surface area contributed by atoms with Gasteiger partial charge < -0.3 is 5.11 Å². The molecule has 1 saturated carbocycles. The Morgan fingerprint density at radius 3 is 2.76 bits per heavy atom. The molecule has 2 rings (SSSR count). The third-order valence-corrected chi connectivity index (χ3v) is 4.55. The van der Waals surface area contributed by atoms with Crippen molar-refractivity contribution in [3.05, 3.63) is 23.3 Å². The molecule has 0 aromatic carbocycles. The third kappa shape index (κ3) is 2.46. The Labute approximate surface area is 103 Å². The first kappa shape index (κ1) is 12.4. The first-order chi connectivity index (χ1) is 7.93. The van der Waals surface area contributed by atoms with Gasteiger partial charge in [0.2, 0.25) is 0 Å². The number of carboxylic acids is 1. The largest absolute Gasteiger partial charge is 0.478 e. The fourth-order valence-corrected chi connectivity index (χ4v) is 3.11. The Balaban J connectivity index is 2.22. The fraction of sp³-hybridized carbons (Fsp3) is 0.667. The van der Waals surface area contributed by atoms with Gasteiger partial charge in [0.25, 0.3) is 0 Å². The number of allylic oxidation sites excluding steroid dienone is 3. The van der Waals surface area contributed by atoms with Crippen molar-refractivity contribution in [3.63, 3.8) is 0 Å². The van der Waals surface area contributed by atoms with Gasteiger partial charge in [0.15, 0.2) is 0 Å². The van der Waals surface area contributed by atoms with Crippen LogP contribution in [0.1, 0.15) is 46.5 Å². The molecule has 2 aliphatic rings. The molecule has 0 heterocycles. The predicted molar refractivity (Wildman–Crippen MR) is 68.7 cm³/mol. The molecule has 2 heteroatoms. The zero-order valence-electron chi connectivity index (χ0n) is 11.0. The summed E-state index contributed by atoms with van der Waals surface area (Å²) in [6.07, 6.45) is 8.13. The zero-order chi connectivity index (χ0) is 12.6. The summed E-state index contributed by atoms with van der Waals surface area (Å²) in [6.45, 7) is 6.68. The van der Waals surface area contributed by atoms with E-state index < -0.39 is 5.97 Å². The number of hydrogen-bond acceptors (Lipinski definition) is 1. The summed E-state index contributed by atoms with van der Waals surface area (Å²) < 4.78 is 0. The van der Waals surface area contributed by atoms with Gasteiger partial charge in [0.05, 0.1) is 0 Å². The molecule has 2 aliphatic carbocycles. The molecule has 0 bridgehead atoms. The van der Waals surface area contributed by atoms with Gasteiger partial charge in [0.1, 0.15) is 0 Å². The van der Waals surface area contributed by atoms with E-state index in [1.807, 2.05) is 6.08 Å². The molecule has 94 valence electrons. The van der Waals surface area contributed by atoms with Gasteiger partial charge in [-0.1, -0.05) is 31.6 Å². The van der Waals surface area contributed by atoms with Crippen molar-refractivity contribution in [3.8, 4) is 0 Å². The van der Waals surface area contributed by atoms with Crippen LogP contribution in [0.5, 0.6) is 0 Å². The first-order valence-electron chi connectivity index (χ1n) is 6.52. The lowest BCUT2D eigenvalue weighted by Gasteiger charge is -2.05. The Hall–Kier alpha value is -1.05. The molecule has 2 nitrogen and oxygen atoms in total. The van der Waals surface area contributed by atoms with Crippen LogP contribution in [-0.2, 0) is 4.79 Å². The Kier molecular flexibility index (Phi) is 3.15. The highest BCUT2D eigenvalue weighted by molar-refractivity contribution is 5.86. The van der Waals surface area contributed by atoms with E-state index in [1.54, 1.807) is 0 Å². The molecule has 0 amide bonds. The SMILES string of the molecule is C/C1=C\CCC(C(=O)O)=C[C@@H]2[C@H](CC1)C2(C)C. The van der Waals surface area contributed by atoms with E-state index in [-0.39, 0.29) is 0 Å². The minimum absolute atomic E-state index is 0.297. The lowest BCUT2D eigenvalue weighted by Crippen LogP contribution is -2.02. The van der Waals surface area contributed by atoms with Crippen LogP contribution in [0.2, 0.25) is 0 Å². The minimum atomic E-state index is -0.738. The summed E-state index contributed by atoms with van der Waals surface area (Å²) in [5.74, 6) is 0.399. The second-order valence-electron chi connectivity index (χ2n) is 6.08. The molecule has 0 unspecified atom stereocenters.